The van der Waals surface area contributed by atoms with Crippen molar-refractivity contribution in [3.8, 4) is 0 Å². The molecule has 1 aliphatic heterocycles. The lowest BCUT2D eigenvalue weighted by atomic mass is 10.1. The average Bonchev–Trinajstić information content (AvgIpc) is 2.65. The Hall–Kier alpha value is -1.42. The standard InChI is InChI=1S/C12H15FN2O/c1-8(9-2-4-10(13)5-3-9)15-11-6-12(16)14-7-11/h2-5,8,11,15H,6-7H2,1H3,(H,14,16). The van der Waals surface area contributed by atoms with Crippen LogP contribution < -0.4 is 10.6 Å². The van der Waals surface area contributed by atoms with Gasteiger partial charge in [0.05, 0.1) is 0 Å². The van der Waals surface area contributed by atoms with E-state index >= 15 is 0 Å². The number of halogens is 1. The lowest BCUT2D eigenvalue weighted by Gasteiger charge is -2.18. The van der Waals surface area contributed by atoms with E-state index < -0.39 is 0 Å². The van der Waals surface area contributed by atoms with Crippen molar-refractivity contribution < 1.29 is 9.18 Å². The molecule has 86 valence electrons. The van der Waals surface area contributed by atoms with E-state index in [-0.39, 0.29) is 23.8 Å². The minimum Gasteiger partial charge on any atom is -0.354 e. The van der Waals surface area contributed by atoms with Gasteiger partial charge in [0.25, 0.3) is 0 Å². The zero-order valence-corrected chi connectivity index (χ0v) is 9.16. The van der Waals surface area contributed by atoms with Crippen LogP contribution in [0.2, 0.25) is 0 Å². The van der Waals surface area contributed by atoms with E-state index in [1.807, 2.05) is 6.92 Å². The molecule has 4 heteroatoms. The monoisotopic (exact) mass is 222 g/mol. The van der Waals surface area contributed by atoms with Crippen LogP contribution in [0.25, 0.3) is 0 Å². The van der Waals surface area contributed by atoms with Crippen molar-refractivity contribution in [2.24, 2.45) is 0 Å². The Labute approximate surface area is 94.0 Å². The fourth-order valence-corrected chi connectivity index (χ4v) is 1.92. The van der Waals surface area contributed by atoms with E-state index in [2.05, 4.69) is 10.6 Å². The molecular formula is C12H15FN2O. The van der Waals surface area contributed by atoms with Gasteiger partial charge in [-0.1, -0.05) is 12.1 Å². The zero-order valence-electron chi connectivity index (χ0n) is 9.16. The largest absolute Gasteiger partial charge is 0.354 e. The lowest BCUT2D eigenvalue weighted by Crippen LogP contribution is -2.33. The maximum Gasteiger partial charge on any atom is 0.221 e. The van der Waals surface area contributed by atoms with E-state index in [4.69, 9.17) is 0 Å². The summed E-state index contributed by atoms with van der Waals surface area (Å²) >= 11 is 0. The van der Waals surface area contributed by atoms with Crippen molar-refractivity contribution in [1.29, 1.82) is 0 Å². The van der Waals surface area contributed by atoms with Crippen molar-refractivity contribution in [3.63, 3.8) is 0 Å². The number of hydrogen-bond acceptors (Lipinski definition) is 2. The Morgan fingerprint density at radius 3 is 2.69 bits per heavy atom. The fourth-order valence-electron chi connectivity index (χ4n) is 1.92. The number of amides is 1. The smallest absolute Gasteiger partial charge is 0.221 e. The summed E-state index contributed by atoms with van der Waals surface area (Å²) in [5.74, 6) is -0.141. The third-order valence-electron chi connectivity index (χ3n) is 2.83. The van der Waals surface area contributed by atoms with Crippen LogP contribution in [0.3, 0.4) is 0 Å². The average molecular weight is 222 g/mol. The predicted molar refractivity (Wildman–Crippen MR) is 59.4 cm³/mol. The van der Waals surface area contributed by atoms with Gasteiger partial charge in [-0.3, -0.25) is 4.79 Å². The number of benzene rings is 1. The van der Waals surface area contributed by atoms with E-state index in [0.29, 0.717) is 13.0 Å². The van der Waals surface area contributed by atoms with Gasteiger partial charge < -0.3 is 10.6 Å². The molecule has 0 aromatic heterocycles. The third kappa shape index (κ3) is 2.58. The summed E-state index contributed by atoms with van der Waals surface area (Å²) in [7, 11) is 0. The summed E-state index contributed by atoms with van der Waals surface area (Å²) in [4.78, 5) is 11.0. The highest BCUT2D eigenvalue weighted by atomic mass is 19.1. The Morgan fingerprint density at radius 2 is 2.12 bits per heavy atom. The summed E-state index contributed by atoms with van der Waals surface area (Å²) in [5, 5.41) is 6.11. The molecule has 0 aliphatic carbocycles. The summed E-state index contributed by atoms with van der Waals surface area (Å²) < 4.78 is 12.7. The maximum atomic E-state index is 12.7. The van der Waals surface area contributed by atoms with Crippen LogP contribution in [0.5, 0.6) is 0 Å². The van der Waals surface area contributed by atoms with Crippen molar-refractivity contribution >= 4 is 5.91 Å². The Morgan fingerprint density at radius 1 is 1.44 bits per heavy atom. The molecular weight excluding hydrogens is 207 g/mol. The van der Waals surface area contributed by atoms with Crippen molar-refractivity contribution in [2.75, 3.05) is 6.54 Å². The molecule has 16 heavy (non-hydrogen) atoms. The number of nitrogens with one attached hydrogen (secondary N) is 2. The molecule has 1 aromatic rings. The third-order valence-corrected chi connectivity index (χ3v) is 2.83. The lowest BCUT2D eigenvalue weighted by molar-refractivity contribution is -0.119. The molecule has 0 spiro atoms. The van der Waals surface area contributed by atoms with Crippen LogP contribution in [-0.2, 0) is 4.79 Å². The number of rotatable bonds is 3. The van der Waals surface area contributed by atoms with Crippen LogP contribution in [0.4, 0.5) is 4.39 Å². The Kier molecular flexibility index (Phi) is 3.19. The quantitative estimate of drug-likeness (QED) is 0.811. The Bertz CT molecular complexity index is 377. The van der Waals surface area contributed by atoms with Gasteiger partial charge in [0, 0.05) is 25.0 Å². The second-order valence-corrected chi connectivity index (χ2v) is 4.15. The molecule has 2 atom stereocenters. The first-order valence-corrected chi connectivity index (χ1v) is 5.43. The SMILES string of the molecule is CC(NC1CNC(=O)C1)c1ccc(F)cc1. The normalized spacial score (nSPS) is 21.9. The highest BCUT2D eigenvalue weighted by Crippen LogP contribution is 2.15. The molecule has 1 heterocycles. The summed E-state index contributed by atoms with van der Waals surface area (Å²) in [6, 6.07) is 6.72. The minimum absolute atomic E-state index is 0.0869. The van der Waals surface area contributed by atoms with Crippen LogP contribution in [0, 0.1) is 5.82 Å². The number of carbonyl (C=O) groups excluding carboxylic acids is 1. The minimum atomic E-state index is -0.228. The van der Waals surface area contributed by atoms with Crippen molar-refractivity contribution in [3.05, 3.63) is 35.6 Å². The topological polar surface area (TPSA) is 41.1 Å². The van der Waals surface area contributed by atoms with Gasteiger partial charge in [-0.2, -0.15) is 0 Å². The predicted octanol–water partition coefficient (Wildman–Crippen LogP) is 1.36. The maximum absolute atomic E-state index is 12.7. The van der Waals surface area contributed by atoms with Crippen LogP contribution in [0.15, 0.2) is 24.3 Å². The summed E-state index contributed by atoms with van der Waals surface area (Å²) in [6.07, 6.45) is 0.519. The fraction of sp³-hybridized carbons (Fsp3) is 0.417. The van der Waals surface area contributed by atoms with Gasteiger partial charge >= 0.3 is 0 Å². The molecule has 1 aromatic carbocycles. The highest BCUT2D eigenvalue weighted by Gasteiger charge is 2.22. The van der Waals surface area contributed by atoms with Crippen LogP contribution >= 0.6 is 0 Å². The number of carbonyl (C=O) groups is 1. The molecule has 2 rings (SSSR count). The summed E-state index contributed by atoms with van der Waals surface area (Å²) in [6.45, 7) is 2.68. The van der Waals surface area contributed by atoms with Gasteiger partial charge in [-0.25, -0.2) is 4.39 Å². The first kappa shape index (κ1) is 11.1. The molecule has 2 N–H and O–H groups in total. The van der Waals surface area contributed by atoms with E-state index in [1.165, 1.54) is 12.1 Å². The molecule has 1 amide bonds. The van der Waals surface area contributed by atoms with Crippen LogP contribution in [0.1, 0.15) is 24.9 Å². The second-order valence-electron chi connectivity index (χ2n) is 4.15. The summed E-state index contributed by atoms with van der Waals surface area (Å²) in [5.41, 5.74) is 1.03. The molecule has 1 aliphatic rings. The van der Waals surface area contributed by atoms with Crippen LogP contribution in [-0.4, -0.2) is 18.5 Å². The molecule has 2 unspecified atom stereocenters. The van der Waals surface area contributed by atoms with Gasteiger partial charge in [0.2, 0.25) is 5.91 Å². The molecule has 0 radical (unpaired) electrons. The van der Waals surface area contributed by atoms with Gasteiger partial charge in [-0.15, -0.1) is 0 Å². The molecule has 0 bridgehead atoms. The molecule has 1 saturated heterocycles. The number of hydrogen-bond donors (Lipinski definition) is 2. The zero-order chi connectivity index (χ0) is 11.5. The highest BCUT2D eigenvalue weighted by molar-refractivity contribution is 5.78. The second kappa shape index (κ2) is 4.61. The molecule has 3 nitrogen and oxygen atoms in total. The van der Waals surface area contributed by atoms with E-state index in [9.17, 15) is 9.18 Å². The van der Waals surface area contributed by atoms with Gasteiger partial charge in [-0.05, 0) is 24.6 Å². The first-order chi connectivity index (χ1) is 7.65. The van der Waals surface area contributed by atoms with Crippen molar-refractivity contribution in [1.82, 2.24) is 10.6 Å². The van der Waals surface area contributed by atoms with E-state index in [1.54, 1.807) is 12.1 Å². The molecule has 1 fully saturated rings. The van der Waals surface area contributed by atoms with Gasteiger partial charge in [0.1, 0.15) is 5.82 Å². The first-order valence-electron chi connectivity index (χ1n) is 5.43. The Balaban J connectivity index is 1.95. The van der Waals surface area contributed by atoms with Gasteiger partial charge in [0.15, 0.2) is 0 Å². The molecule has 0 saturated carbocycles. The van der Waals surface area contributed by atoms with E-state index in [0.717, 1.165) is 5.56 Å². The van der Waals surface area contributed by atoms with Crippen molar-refractivity contribution in [2.45, 2.75) is 25.4 Å².